The van der Waals surface area contributed by atoms with Gasteiger partial charge in [0.05, 0.1) is 34.9 Å². The van der Waals surface area contributed by atoms with E-state index in [4.69, 9.17) is 5.73 Å². The molecule has 2 N–H and O–H groups in total. The van der Waals surface area contributed by atoms with Gasteiger partial charge in [0.25, 0.3) is 0 Å². The lowest BCUT2D eigenvalue weighted by molar-refractivity contribution is -0.129. The van der Waals surface area contributed by atoms with E-state index >= 15 is 0 Å². The highest BCUT2D eigenvalue weighted by molar-refractivity contribution is 5.80. The quantitative estimate of drug-likeness (QED) is 0.715. The molecule has 1 atom stereocenters. The number of carbonyl (C=O) groups excluding carboxylic acids is 1. The third-order valence-corrected chi connectivity index (χ3v) is 5.27. The Bertz CT molecular complexity index is 1100. The number of rotatable bonds is 4. The Balaban J connectivity index is 1.49. The van der Waals surface area contributed by atoms with Crippen LogP contribution in [0.4, 0.5) is 14.5 Å². The van der Waals surface area contributed by atoms with Crippen LogP contribution in [0.25, 0.3) is 11.3 Å². The van der Waals surface area contributed by atoms with Crippen LogP contribution in [0.3, 0.4) is 0 Å². The summed E-state index contributed by atoms with van der Waals surface area (Å²) in [5.41, 5.74) is 8.93. The molecule has 0 spiro atoms. The van der Waals surface area contributed by atoms with Gasteiger partial charge in [-0.05, 0) is 37.6 Å². The SMILES string of the molecule is Cc1cncc(C2CCN(C(=O)Cc3nc(-c4ccc(F)cc4F)ccc3N)C2)n1. The Morgan fingerprint density at radius 3 is 2.80 bits per heavy atom. The highest BCUT2D eigenvalue weighted by atomic mass is 19.1. The number of anilines is 1. The van der Waals surface area contributed by atoms with Gasteiger partial charge in [-0.2, -0.15) is 0 Å². The molecule has 0 bridgehead atoms. The van der Waals surface area contributed by atoms with Crippen molar-refractivity contribution in [3.63, 3.8) is 0 Å². The highest BCUT2D eigenvalue weighted by Crippen LogP contribution is 2.27. The average Bonchev–Trinajstić information content (AvgIpc) is 3.20. The van der Waals surface area contributed by atoms with Gasteiger partial charge >= 0.3 is 0 Å². The molecule has 1 fully saturated rings. The summed E-state index contributed by atoms with van der Waals surface area (Å²) in [5.74, 6) is -1.34. The van der Waals surface area contributed by atoms with Gasteiger partial charge in [0.1, 0.15) is 11.6 Å². The number of aromatic nitrogens is 3. The fraction of sp³-hybridized carbons (Fsp3) is 0.273. The van der Waals surface area contributed by atoms with Crippen molar-refractivity contribution in [2.45, 2.75) is 25.7 Å². The summed E-state index contributed by atoms with van der Waals surface area (Å²) >= 11 is 0. The standard InChI is InChI=1S/C22H21F2N5O/c1-13-10-26-11-21(27-13)14-6-7-29(12-14)22(30)9-20-18(25)4-5-19(28-20)16-3-2-15(23)8-17(16)24/h2-5,8,10-11,14H,6-7,9,12,25H2,1H3. The number of likely N-dealkylation sites (tertiary alicyclic amines) is 1. The van der Waals surface area contributed by atoms with Crippen LogP contribution < -0.4 is 5.73 Å². The van der Waals surface area contributed by atoms with E-state index in [9.17, 15) is 13.6 Å². The van der Waals surface area contributed by atoms with Gasteiger partial charge in [-0.1, -0.05) is 0 Å². The van der Waals surface area contributed by atoms with E-state index < -0.39 is 11.6 Å². The molecule has 2 aromatic heterocycles. The Kier molecular flexibility index (Phi) is 5.39. The zero-order valence-electron chi connectivity index (χ0n) is 16.5. The lowest BCUT2D eigenvalue weighted by Crippen LogP contribution is -2.30. The number of carbonyl (C=O) groups is 1. The fourth-order valence-corrected chi connectivity index (χ4v) is 3.66. The second-order valence-electron chi connectivity index (χ2n) is 7.44. The number of nitrogens with zero attached hydrogens (tertiary/aromatic N) is 4. The van der Waals surface area contributed by atoms with E-state index in [-0.39, 0.29) is 23.8 Å². The number of nitrogens with two attached hydrogens (primary N) is 1. The predicted octanol–water partition coefficient (Wildman–Crippen LogP) is 3.27. The summed E-state index contributed by atoms with van der Waals surface area (Å²) in [6.07, 6.45) is 4.26. The monoisotopic (exact) mass is 409 g/mol. The number of pyridine rings is 1. The summed E-state index contributed by atoms with van der Waals surface area (Å²) in [4.78, 5) is 27.7. The zero-order valence-corrected chi connectivity index (χ0v) is 16.5. The lowest BCUT2D eigenvalue weighted by Gasteiger charge is -2.17. The molecule has 1 aliphatic rings. The minimum Gasteiger partial charge on any atom is -0.397 e. The maximum atomic E-state index is 14.1. The van der Waals surface area contributed by atoms with Crippen molar-refractivity contribution < 1.29 is 13.6 Å². The second-order valence-corrected chi connectivity index (χ2v) is 7.44. The van der Waals surface area contributed by atoms with Crippen molar-refractivity contribution in [1.82, 2.24) is 19.9 Å². The van der Waals surface area contributed by atoms with Crippen LogP contribution in [-0.2, 0) is 11.2 Å². The van der Waals surface area contributed by atoms with Gasteiger partial charge in [-0.25, -0.2) is 8.78 Å². The molecule has 8 heteroatoms. The molecule has 3 heterocycles. The second kappa shape index (κ2) is 8.14. The van der Waals surface area contributed by atoms with Gasteiger partial charge in [0.15, 0.2) is 0 Å². The van der Waals surface area contributed by atoms with Gasteiger partial charge < -0.3 is 10.6 Å². The molecular formula is C22H21F2N5O. The summed E-state index contributed by atoms with van der Waals surface area (Å²) in [7, 11) is 0. The maximum Gasteiger partial charge on any atom is 0.228 e. The first-order valence-electron chi connectivity index (χ1n) is 9.68. The number of aryl methyl sites for hydroxylation is 1. The number of hydrogen-bond donors (Lipinski definition) is 1. The predicted molar refractivity (Wildman–Crippen MR) is 108 cm³/mol. The summed E-state index contributed by atoms with van der Waals surface area (Å²) in [6, 6.07) is 6.43. The van der Waals surface area contributed by atoms with Crippen molar-refractivity contribution in [2.75, 3.05) is 18.8 Å². The number of benzene rings is 1. The first kappa shape index (κ1) is 19.9. The molecule has 154 valence electrons. The summed E-state index contributed by atoms with van der Waals surface area (Å²) in [6.45, 7) is 3.06. The van der Waals surface area contributed by atoms with Crippen LogP contribution >= 0.6 is 0 Å². The van der Waals surface area contributed by atoms with E-state index in [0.29, 0.717) is 30.2 Å². The zero-order chi connectivity index (χ0) is 21.3. The Morgan fingerprint density at radius 1 is 1.20 bits per heavy atom. The third-order valence-electron chi connectivity index (χ3n) is 5.27. The van der Waals surface area contributed by atoms with Crippen LogP contribution in [0.1, 0.15) is 29.4 Å². The van der Waals surface area contributed by atoms with Crippen LogP contribution in [0, 0.1) is 18.6 Å². The smallest absolute Gasteiger partial charge is 0.228 e. The van der Waals surface area contributed by atoms with Crippen LogP contribution in [0.5, 0.6) is 0 Å². The molecule has 1 aliphatic heterocycles. The Hall–Kier alpha value is -3.42. The summed E-state index contributed by atoms with van der Waals surface area (Å²) < 4.78 is 27.3. The largest absolute Gasteiger partial charge is 0.397 e. The number of amides is 1. The average molecular weight is 409 g/mol. The first-order valence-corrected chi connectivity index (χ1v) is 9.68. The van der Waals surface area contributed by atoms with E-state index in [0.717, 1.165) is 23.9 Å². The molecule has 6 nitrogen and oxygen atoms in total. The van der Waals surface area contributed by atoms with E-state index in [1.807, 2.05) is 6.92 Å². The number of nitrogen functional groups attached to an aromatic ring is 1. The van der Waals surface area contributed by atoms with E-state index in [2.05, 4.69) is 15.0 Å². The molecule has 30 heavy (non-hydrogen) atoms. The molecule has 1 unspecified atom stereocenters. The highest BCUT2D eigenvalue weighted by Gasteiger charge is 2.29. The van der Waals surface area contributed by atoms with E-state index in [1.165, 1.54) is 12.1 Å². The van der Waals surface area contributed by atoms with E-state index in [1.54, 1.807) is 29.4 Å². The topological polar surface area (TPSA) is 85.0 Å². The van der Waals surface area contributed by atoms with Crippen LogP contribution in [-0.4, -0.2) is 38.8 Å². The molecule has 3 aromatic rings. The molecule has 0 saturated carbocycles. The Labute approximate surface area is 172 Å². The molecule has 1 amide bonds. The Morgan fingerprint density at radius 2 is 2.03 bits per heavy atom. The molecule has 4 rings (SSSR count). The van der Waals surface area contributed by atoms with Gasteiger partial charge in [-0.3, -0.25) is 19.7 Å². The van der Waals surface area contributed by atoms with Crippen LogP contribution in [0.2, 0.25) is 0 Å². The molecular weight excluding hydrogens is 388 g/mol. The summed E-state index contributed by atoms with van der Waals surface area (Å²) in [5, 5.41) is 0. The number of halogens is 2. The fourth-order valence-electron chi connectivity index (χ4n) is 3.66. The molecule has 0 aliphatic carbocycles. The van der Waals surface area contributed by atoms with Crippen molar-refractivity contribution in [3.05, 3.63) is 71.4 Å². The van der Waals surface area contributed by atoms with Crippen molar-refractivity contribution in [2.24, 2.45) is 0 Å². The van der Waals surface area contributed by atoms with Crippen molar-refractivity contribution >= 4 is 11.6 Å². The van der Waals surface area contributed by atoms with Crippen molar-refractivity contribution in [1.29, 1.82) is 0 Å². The normalized spacial score (nSPS) is 16.1. The van der Waals surface area contributed by atoms with Gasteiger partial charge in [-0.15, -0.1) is 0 Å². The first-order chi connectivity index (χ1) is 14.4. The minimum absolute atomic E-state index is 0.00863. The van der Waals surface area contributed by atoms with Gasteiger partial charge in [0.2, 0.25) is 5.91 Å². The van der Waals surface area contributed by atoms with Gasteiger partial charge in [0, 0.05) is 43.0 Å². The number of hydrogen-bond acceptors (Lipinski definition) is 5. The minimum atomic E-state index is -0.716. The molecule has 1 saturated heterocycles. The van der Waals surface area contributed by atoms with Crippen LogP contribution in [0.15, 0.2) is 42.7 Å². The third kappa shape index (κ3) is 4.12. The molecule has 0 radical (unpaired) electrons. The lowest BCUT2D eigenvalue weighted by atomic mass is 10.1. The van der Waals surface area contributed by atoms with Crippen molar-refractivity contribution in [3.8, 4) is 11.3 Å². The molecule has 1 aromatic carbocycles. The maximum absolute atomic E-state index is 14.1.